The van der Waals surface area contributed by atoms with Crippen LogP contribution in [0.4, 0.5) is 18.9 Å². The third-order valence-electron chi connectivity index (χ3n) is 4.22. The Hall–Kier alpha value is -1.75. The van der Waals surface area contributed by atoms with Gasteiger partial charge in [-0.15, -0.1) is 13.2 Å². The molecule has 6 nitrogen and oxygen atoms in total. The second-order valence-electron chi connectivity index (χ2n) is 7.10. The van der Waals surface area contributed by atoms with E-state index >= 15 is 0 Å². The molecule has 2 atom stereocenters. The molecule has 11 heteroatoms. The number of anilines is 1. The number of rotatable bonds is 4. The maximum atomic E-state index is 12.4. The van der Waals surface area contributed by atoms with Crippen LogP contribution in [0.15, 0.2) is 29.3 Å². The second kappa shape index (κ2) is 7.58. The summed E-state index contributed by atoms with van der Waals surface area (Å²) in [5, 5.41) is 0.0988. The van der Waals surface area contributed by atoms with Crippen LogP contribution < -0.4 is 9.64 Å². The Labute approximate surface area is 165 Å². The minimum Gasteiger partial charge on any atom is -0.406 e. The van der Waals surface area contributed by atoms with Crippen LogP contribution >= 0.6 is 11.8 Å². The van der Waals surface area contributed by atoms with Gasteiger partial charge in [0.15, 0.2) is 15.0 Å². The summed E-state index contributed by atoms with van der Waals surface area (Å²) in [4.78, 5) is 17.9. The molecule has 1 aromatic rings. The highest BCUT2D eigenvalue weighted by atomic mass is 32.2. The Kier molecular flexibility index (Phi) is 5.68. The topological polar surface area (TPSA) is 76.0 Å². The Balaban J connectivity index is 1.90. The van der Waals surface area contributed by atoms with Crippen molar-refractivity contribution in [2.75, 3.05) is 16.4 Å². The molecule has 1 aromatic carbocycles. The van der Waals surface area contributed by atoms with Crippen LogP contribution in [-0.2, 0) is 14.6 Å². The average molecular weight is 436 g/mol. The molecule has 1 amide bonds. The number of carbonyl (C=O) groups is 1. The maximum absolute atomic E-state index is 12.4. The zero-order chi connectivity index (χ0) is 20.7. The summed E-state index contributed by atoms with van der Waals surface area (Å²) in [7, 11) is -3.23. The minimum atomic E-state index is -4.80. The molecule has 0 N–H and O–H groups in total. The lowest BCUT2D eigenvalue weighted by Crippen LogP contribution is -2.37. The first-order valence-electron chi connectivity index (χ1n) is 8.57. The molecule has 0 aromatic heterocycles. The lowest BCUT2D eigenvalue weighted by atomic mass is 10.1. The van der Waals surface area contributed by atoms with Gasteiger partial charge in [-0.3, -0.25) is 4.79 Å². The number of thioether (sulfide) groups is 1. The molecule has 2 saturated heterocycles. The number of carbonyl (C=O) groups excluding carboxylic acids is 1. The molecular weight excluding hydrogens is 417 g/mol. The van der Waals surface area contributed by atoms with Crippen LogP contribution in [0.1, 0.15) is 20.3 Å². The van der Waals surface area contributed by atoms with Crippen molar-refractivity contribution in [2.24, 2.45) is 10.9 Å². The van der Waals surface area contributed by atoms with E-state index in [0.29, 0.717) is 10.9 Å². The molecule has 2 aliphatic rings. The molecule has 0 aliphatic carbocycles. The fourth-order valence-corrected chi connectivity index (χ4v) is 7.11. The quantitative estimate of drug-likeness (QED) is 0.721. The number of aliphatic imine (C=N–C) groups is 1. The van der Waals surface area contributed by atoms with E-state index in [9.17, 15) is 26.4 Å². The van der Waals surface area contributed by atoms with Crippen molar-refractivity contribution in [1.82, 2.24) is 0 Å². The molecule has 3 rings (SSSR count). The van der Waals surface area contributed by atoms with Crippen LogP contribution in [-0.4, -0.2) is 48.7 Å². The van der Waals surface area contributed by atoms with Crippen LogP contribution in [0.5, 0.6) is 5.75 Å². The third kappa shape index (κ3) is 4.99. The van der Waals surface area contributed by atoms with Crippen LogP contribution in [0, 0.1) is 5.92 Å². The first-order valence-corrected chi connectivity index (χ1v) is 11.3. The lowest BCUT2D eigenvalue weighted by Gasteiger charge is -2.24. The van der Waals surface area contributed by atoms with Crippen LogP contribution in [0.3, 0.4) is 0 Å². The zero-order valence-corrected chi connectivity index (χ0v) is 16.8. The van der Waals surface area contributed by atoms with Crippen molar-refractivity contribution in [3.05, 3.63) is 24.3 Å². The number of hydrogen-bond acceptors (Lipinski definition) is 5. The largest absolute Gasteiger partial charge is 0.573 e. The second-order valence-corrected chi connectivity index (χ2v) is 10.5. The van der Waals surface area contributed by atoms with Gasteiger partial charge in [-0.25, -0.2) is 8.42 Å². The van der Waals surface area contributed by atoms with Crippen LogP contribution in [0.25, 0.3) is 0 Å². The highest BCUT2D eigenvalue weighted by Gasteiger charge is 2.49. The number of alkyl halides is 3. The molecule has 0 saturated carbocycles. The summed E-state index contributed by atoms with van der Waals surface area (Å²) in [5.41, 5.74) is 0.461. The van der Waals surface area contributed by atoms with Gasteiger partial charge < -0.3 is 9.64 Å². The lowest BCUT2D eigenvalue weighted by molar-refractivity contribution is -0.274. The standard InChI is InChI=1S/C17H19F3N2O4S2/c1-10(2)7-15(23)21-16-22(13-8-28(24,25)9-14(13)27-16)11-3-5-12(6-4-11)26-17(18,19)20/h3-6,10,13-14H,7-9H2,1-2H3. The molecule has 28 heavy (non-hydrogen) atoms. The SMILES string of the molecule is CC(C)CC(=O)N=C1SC2CS(=O)(=O)CC2N1c1ccc(OC(F)(F)F)cc1. The van der Waals surface area contributed by atoms with Gasteiger partial charge in [-0.1, -0.05) is 25.6 Å². The number of sulfone groups is 1. The van der Waals surface area contributed by atoms with Gasteiger partial charge in [-0.2, -0.15) is 4.99 Å². The summed E-state index contributed by atoms with van der Waals surface area (Å²) < 4.78 is 65.0. The summed E-state index contributed by atoms with van der Waals surface area (Å²) in [5.74, 6) is -0.695. The predicted octanol–water partition coefficient (Wildman–Crippen LogP) is 3.23. The van der Waals surface area contributed by atoms with Crippen molar-refractivity contribution in [2.45, 2.75) is 37.9 Å². The van der Waals surface area contributed by atoms with Gasteiger partial charge in [0, 0.05) is 17.4 Å². The van der Waals surface area contributed by atoms with Crippen molar-refractivity contribution in [1.29, 1.82) is 0 Å². The van der Waals surface area contributed by atoms with Gasteiger partial charge in [0.1, 0.15) is 5.75 Å². The van der Waals surface area contributed by atoms with E-state index < -0.39 is 22.2 Å². The number of amides is 1. The highest BCUT2D eigenvalue weighted by molar-refractivity contribution is 8.16. The Morgan fingerprint density at radius 3 is 2.50 bits per heavy atom. The minimum absolute atomic E-state index is 0.0223. The Bertz CT molecular complexity index is 883. The maximum Gasteiger partial charge on any atom is 0.573 e. The molecule has 0 spiro atoms. The molecule has 2 fully saturated rings. The van der Waals surface area contributed by atoms with Crippen molar-refractivity contribution < 1.29 is 31.1 Å². The fraction of sp³-hybridized carbons (Fsp3) is 0.529. The summed E-state index contributed by atoms with van der Waals surface area (Å²) in [6.45, 7) is 3.77. The molecule has 2 unspecified atom stereocenters. The van der Waals surface area contributed by atoms with Gasteiger partial charge in [0.05, 0.1) is 17.5 Å². The number of amidine groups is 1. The molecule has 2 heterocycles. The molecule has 0 radical (unpaired) electrons. The summed E-state index contributed by atoms with van der Waals surface area (Å²) >= 11 is 1.22. The van der Waals surface area contributed by atoms with Gasteiger partial charge in [-0.05, 0) is 30.2 Å². The monoisotopic (exact) mass is 436 g/mol. The number of nitrogens with zero attached hydrogens (tertiary/aromatic N) is 2. The normalized spacial score (nSPS) is 25.4. The van der Waals surface area contributed by atoms with Gasteiger partial charge >= 0.3 is 6.36 Å². The third-order valence-corrected chi connectivity index (χ3v) is 7.43. The Morgan fingerprint density at radius 2 is 1.93 bits per heavy atom. The summed E-state index contributed by atoms with van der Waals surface area (Å²) in [6.07, 6.45) is -4.55. The first kappa shape index (κ1) is 21.0. The highest BCUT2D eigenvalue weighted by Crippen LogP contribution is 2.41. The van der Waals surface area contributed by atoms with E-state index in [1.807, 2.05) is 13.8 Å². The number of halogens is 3. The zero-order valence-electron chi connectivity index (χ0n) is 15.1. The number of ether oxygens (including phenoxy) is 1. The van der Waals surface area contributed by atoms with Gasteiger partial charge in [0.25, 0.3) is 0 Å². The van der Waals surface area contributed by atoms with E-state index in [1.165, 1.54) is 23.9 Å². The van der Waals surface area contributed by atoms with Crippen LogP contribution in [0.2, 0.25) is 0 Å². The van der Waals surface area contributed by atoms with E-state index in [1.54, 1.807) is 4.90 Å². The summed E-state index contributed by atoms with van der Waals surface area (Å²) in [6, 6.07) is 4.68. The molecule has 0 bridgehead atoms. The first-order chi connectivity index (χ1) is 12.9. The van der Waals surface area contributed by atoms with E-state index in [4.69, 9.17) is 0 Å². The Morgan fingerprint density at radius 1 is 1.29 bits per heavy atom. The van der Waals surface area contributed by atoms with Crippen molar-refractivity contribution >= 4 is 38.4 Å². The molecular formula is C17H19F3N2O4S2. The van der Waals surface area contributed by atoms with E-state index in [0.717, 1.165) is 12.1 Å². The molecule has 2 aliphatic heterocycles. The predicted molar refractivity (Wildman–Crippen MR) is 101 cm³/mol. The number of benzene rings is 1. The van der Waals surface area contributed by atoms with E-state index in [2.05, 4.69) is 9.73 Å². The number of fused-ring (bicyclic) bond motifs is 1. The van der Waals surface area contributed by atoms with Crippen molar-refractivity contribution in [3.63, 3.8) is 0 Å². The number of hydrogen-bond donors (Lipinski definition) is 0. The molecule has 154 valence electrons. The van der Waals surface area contributed by atoms with Gasteiger partial charge in [0.2, 0.25) is 5.91 Å². The fourth-order valence-electron chi connectivity index (χ4n) is 3.18. The average Bonchev–Trinajstić information content (AvgIpc) is 2.96. The smallest absolute Gasteiger partial charge is 0.406 e. The van der Waals surface area contributed by atoms with Crippen molar-refractivity contribution in [3.8, 4) is 5.75 Å². The van der Waals surface area contributed by atoms with E-state index in [-0.39, 0.29) is 40.8 Å².